The van der Waals surface area contributed by atoms with Crippen molar-refractivity contribution >= 4 is 11.5 Å². The second kappa shape index (κ2) is 6.15. The molecule has 6 heteroatoms. The largest absolute Gasteiger partial charge is 0.394 e. The van der Waals surface area contributed by atoms with E-state index in [1.165, 1.54) is 6.07 Å². The molecular formula is C11H17N3O3. The molecule has 0 aliphatic rings. The van der Waals surface area contributed by atoms with Gasteiger partial charge in [0, 0.05) is 6.07 Å². The number of rotatable bonds is 6. The van der Waals surface area contributed by atoms with Crippen LogP contribution in [0.5, 0.6) is 0 Å². The van der Waals surface area contributed by atoms with Crippen LogP contribution in [0.15, 0.2) is 12.1 Å². The zero-order chi connectivity index (χ0) is 12.8. The molecule has 2 N–H and O–H groups in total. The van der Waals surface area contributed by atoms with Gasteiger partial charge in [0.2, 0.25) is 0 Å². The van der Waals surface area contributed by atoms with Crippen LogP contribution in [-0.4, -0.2) is 27.7 Å². The van der Waals surface area contributed by atoms with Gasteiger partial charge in [-0.2, -0.15) is 0 Å². The zero-order valence-corrected chi connectivity index (χ0v) is 10.0. The number of nitro groups is 1. The first-order chi connectivity index (χ1) is 8.08. The van der Waals surface area contributed by atoms with E-state index in [-0.39, 0.29) is 18.3 Å². The van der Waals surface area contributed by atoms with Gasteiger partial charge in [0.1, 0.15) is 11.5 Å². The van der Waals surface area contributed by atoms with Crippen molar-refractivity contribution in [2.24, 2.45) is 0 Å². The van der Waals surface area contributed by atoms with Gasteiger partial charge >= 0.3 is 0 Å². The SMILES string of the molecule is CCC[C@H](CO)Nc1ccc([N+](=O)[O-])c(C)n1. The average molecular weight is 239 g/mol. The molecular weight excluding hydrogens is 222 g/mol. The summed E-state index contributed by atoms with van der Waals surface area (Å²) < 4.78 is 0. The highest BCUT2D eigenvalue weighted by atomic mass is 16.6. The number of aliphatic hydroxyl groups excluding tert-OH is 1. The highest BCUT2D eigenvalue weighted by molar-refractivity contribution is 5.45. The second-order valence-corrected chi connectivity index (χ2v) is 3.87. The maximum absolute atomic E-state index is 10.6. The molecule has 1 atom stereocenters. The van der Waals surface area contributed by atoms with Gasteiger partial charge in [-0.15, -0.1) is 0 Å². The van der Waals surface area contributed by atoms with Crippen LogP contribution in [0.1, 0.15) is 25.5 Å². The minimum atomic E-state index is -0.457. The fourth-order valence-electron chi connectivity index (χ4n) is 1.59. The molecule has 0 bridgehead atoms. The van der Waals surface area contributed by atoms with Crippen molar-refractivity contribution < 1.29 is 10.0 Å². The van der Waals surface area contributed by atoms with Crippen LogP contribution in [-0.2, 0) is 0 Å². The molecule has 0 amide bonds. The standard InChI is InChI=1S/C11H17N3O3/c1-3-4-9(7-15)13-11-6-5-10(14(16)17)8(2)12-11/h5-6,9,15H,3-4,7H2,1-2H3,(H,12,13)/t9-/m1/s1. The Morgan fingerprint density at radius 1 is 1.59 bits per heavy atom. The molecule has 0 aliphatic heterocycles. The van der Waals surface area contributed by atoms with Crippen molar-refractivity contribution in [3.05, 3.63) is 27.9 Å². The third kappa shape index (κ3) is 3.67. The summed E-state index contributed by atoms with van der Waals surface area (Å²) in [7, 11) is 0. The third-order valence-corrected chi connectivity index (χ3v) is 2.46. The van der Waals surface area contributed by atoms with E-state index >= 15 is 0 Å². The molecule has 1 aromatic heterocycles. The van der Waals surface area contributed by atoms with Gasteiger partial charge in [-0.1, -0.05) is 13.3 Å². The number of anilines is 1. The Bertz CT molecular complexity index is 396. The Balaban J connectivity index is 2.79. The highest BCUT2D eigenvalue weighted by Gasteiger charge is 2.13. The molecule has 0 spiro atoms. The van der Waals surface area contributed by atoms with E-state index in [9.17, 15) is 10.1 Å². The summed E-state index contributed by atoms with van der Waals surface area (Å²) in [6.45, 7) is 3.64. The predicted octanol–water partition coefficient (Wildman–Crippen LogP) is 1.87. The fourth-order valence-corrected chi connectivity index (χ4v) is 1.59. The monoisotopic (exact) mass is 239 g/mol. The highest BCUT2D eigenvalue weighted by Crippen LogP contribution is 2.18. The van der Waals surface area contributed by atoms with E-state index in [0.29, 0.717) is 11.5 Å². The molecule has 94 valence electrons. The molecule has 6 nitrogen and oxygen atoms in total. The number of pyridine rings is 1. The molecule has 17 heavy (non-hydrogen) atoms. The number of hydrogen-bond acceptors (Lipinski definition) is 5. The van der Waals surface area contributed by atoms with E-state index in [4.69, 9.17) is 5.11 Å². The van der Waals surface area contributed by atoms with Gasteiger partial charge in [-0.05, 0) is 19.4 Å². The van der Waals surface area contributed by atoms with E-state index in [1.54, 1.807) is 13.0 Å². The smallest absolute Gasteiger partial charge is 0.290 e. The first-order valence-corrected chi connectivity index (χ1v) is 5.58. The summed E-state index contributed by atoms with van der Waals surface area (Å²) >= 11 is 0. The number of nitrogens with zero attached hydrogens (tertiary/aromatic N) is 2. The van der Waals surface area contributed by atoms with Crippen LogP contribution < -0.4 is 5.32 Å². The lowest BCUT2D eigenvalue weighted by atomic mass is 10.2. The van der Waals surface area contributed by atoms with Crippen molar-refractivity contribution in [3.63, 3.8) is 0 Å². The summed E-state index contributed by atoms with van der Waals surface area (Å²) in [5.74, 6) is 0.556. The topological polar surface area (TPSA) is 88.3 Å². The number of nitrogens with one attached hydrogen (secondary N) is 1. The van der Waals surface area contributed by atoms with Gasteiger partial charge in [-0.3, -0.25) is 10.1 Å². The van der Waals surface area contributed by atoms with Gasteiger partial charge in [-0.25, -0.2) is 4.98 Å². The maximum atomic E-state index is 10.6. The second-order valence-electron chi connectivity index (χ2n) is 3.87. The van der Waals surface area contributed by atoms with Crippen LogP contribution in [0.3, 0.4) is 0 Å². The number of hydrogen-bond donors (Lipinski definition) is 2. The van der Waals surface area contributed by atoms with Crippen molar-refractivity contribution in [3.8, 4) is 0 Å². The first-order valence-electron chi connectivity index (χ1n) is 5.58. The molecule has 0 aliphatic carbocycles. The van der Waals surface area contributed by atoms with Gasteiger partial charge in [0.15, 0.2) is 0 Å². The van der Waals surface area contributed by atoms with Gasteiger partial charge in [0.25, 0.3) is 5.69 Å². The Morgan fingerprint density at radius 3 is 2.76 bits per heavy atom. The van der Waals surface area contributed by atoms with Gasteiger partial charge in [0.05, 0.1) is 17.6 Å². The molecule has 1 rings (SSSR count). The minimum Gasteiger partial charge on any atom is -0.394 e. The molecule has 0 unspecified atom stereocenters. The molecule has 0 fully saturated rings. The maximum Gasteiger partial charge on any atom is 0.290 e. The Labute approximate surface area is 99.8 Å². The van der Waals surface area contributed by atoms with Crippen LogP contribution >= 0.6 is 0 Å². The Kier molecular flexibility index (Phi) is 4.84. The predicted molar refractivity (Wildman–Crippen MR) is 65.0 cm³/mol. The Hall–Kier alpha value is -1.69. The van der Waals surface area contributed by atoms with Crippen molar-refractivity contribution in [2.45, 2.75) is 32.7 Å². The van der Waals surface area contributed by atoms with E-state index in [0.717, 1.165) is 12.8 Å². The Morgan fingerprint density at radius 2 is 2.29 bits per heavy atom. The molecule has 1 heterocycles. The molecule has 0 aromatic carbocycles. The number of aliphatic hydroxyl groups is 1. The average Bonchev–Trinajstić information content (AvgIpc) is 2.28. The van der Waals surface area contributed by atoms with E-state index in [1.807, 2.05) is 6.92 Å². The summed E-state index contributed by atoms with van der Waals surface area (Å²) in [6.07, 6.45) is 1.78. The number of aryl methyl sites for hydroxylation is 1. The molecule has 0 radical (unpaired) electrons. The molecule has 0 saturated heterocycles. The summed E-state index contributed by atoms with van der Waals surface area (Å²) in [5.41, 5.74) is 0.375. The van der Waals surface area contributed by atoms with Crippen molar-refractivity contribution in [1.82, 2.24) is 4.98 Å². The van der Waals surface area contributed by atoms with Crippen LogP contribution in [0.2, 0.25) is 0 Å². The quantitative estimate of drug-likeness (QED) is 0.584. The zero-order valence-electron chi connectivity index (χ0n) is 10.0. The van der Waals surface area contributed by atoms with Crippen molar-refractivity contribution in [1.29, 1.82) is 0 Å². The third-order valence-electron chi connectivity index (χ3n) is 2.46. The van der Waals surface area contributed by atoms with E-state index in [2.05, 4.69) is 10.3 Å². The summed E-state index contributed by atoms with van der Waals surface area (Å²) in [5, 5.41) is 22.8. The van der Waals surface area contributed by atoms with E-state index < -0.39 is 4.92 Å². The normalized spacial score (nSPS) is 12.2. The number of aromatic nitrogens is 1. The van der Waals surface area contributed by atoms with Crippen molar-refractivity contribution in [2.75, 3.05) is 11.9 Å². The first kappa shape index (κ1) is 13.4. The molecule has 0 saturated carbocycles. The van der Waals surface area contributed by atoms with Crippen LogP contribution in [0.25, 0.3) is 0 Å². The molecule has 1 aromatic rings. The lowest BCUT2D eigenvalue weighted by Crippen LogP contribution is -2.24. The van der Waals surface area contributed by atoms with Crippen LogP contribution in [0.4, 0.5) is 11.5 Å². The lowest BCUT2D eigenvalue weighted by molar-refractivity contribution is -0.385. The fraction of sp³-hybridized carbons (Fsp3) is 0.545. The van der Waals surface area contributed by atoms with Gasteiger partial charge < -0.3 is 10.4 Å². The minimum absolute atomic E-state index is 0.00610. The summed E-state index contributed by atoms with van der Waals surface area (Å²) in [4.78, 5) is 14.3. The lowest BCUT2D eigenvalue weighted by Gasteiger charge is -2.16. The summed E-state index contributed by atoms with van der Waals surface area (Å²) in [6, 6.07) is 2.92. The van der Waals surface area contributed by atoms with Crippen LogP contribution in [0, 0.1) is 17.0 Å².